The van der Waals surface area contributed by atoms with Crippen LogP contribution in [0.15, 0.2) is 47.4 Å². The number of imidazole rings is 1. The van der Waals surface area contributed by atoms with Crippen LogP contribution in [0.25, 0.3) is 16.7 Å². The lowest BCUT2D eigenvalue weighted by Crippen LogP contribution is -2.00. The Morgan fingerprint density at radius 3 is 2.36 bits per heavy atom. The van der Waals surface area contributed by atoms with Gasteiger partial charge in [-0.1, -0.05) is 0 Å². The molecular weight excluding hydrogens is 316 g/mol. The molecule has 0 bridgehead atoms. The fourth-order valence-electron chi connectivity index (χ4n) is 2.29. The molecular formula is C15H10F4N2S. The van der Waals surface area contributed by atoms with Crippen molar-refractivity contribution in [1.29, 1.82) is 0 Å². The monoisotopic (exact) mass is 326 g/mol. The molecule has 22 heavy (non-hydrogen) atoms. The molecule has 0 spiro atoms. The Morgan fingerprint density at radius 1 is 1.05 bits per heavy atom. The van der Waals surface area contributed by atoms with Gasteiger partial charge in [-0.15, -0.1) is 0 Å². The van der Waals surface area contributed by atoms with Crippen LogP contribution >= 0.6 is 11.8 Å². The van der Waals surface area contributed by atoms with Crippen molar-refractivity contribution in [1.82, 2.24) is 9.55 Å². The van der Waals surface area contributed by atoms with E-state index in [2.05, 4.69) is 4.98 Å². The third-order valence-electron chi connectivity index (χ3n) is 3.11. The van der Waals surface area contributed by atoms with Crippen molar-refractivity contribution >= 4 is 22.8 Å². The van der Waals surface area contributed by atoms with E-state index in [1.807, 2.05) is 0 Å². The maximum absolute atomic E-state index is 13.4. The largest absolute Gasteiger partial charge is 0.446 e. The van der Waals surface area contributed by atoms with Gasteiger partial charge in [-0.25, -0.2) is 9.37 Å². The molecule has 3 rings (SSSR count). The van der Waals surface area contributed by atoms with E-state index in [9.17, 15) is 17.6 Å². The smallest absolute Gasteiger partial charge is 0.296 e. The van der Waals surface area contributed by atoms with Crippen LogP contribution < -0.4 is 0 Å². The van der Waals surface area contributed by atoms with Crippen LogP contribution in [-0.2, 0) is 0 Å². The van der Waals surface area contributed by atoms with Crippen molar-refractivity contribution in [3.05, 3.63) is 54.1 Å². The van der Waals surface area contributed by atoms with Gasteiger partial charge in [0.15, 0.2) is 0 Å². The first kappa shape index (κ1) is 14.9. The van der Waals surface area contributed by atoms with Gasteiger partial charge < -0.3 is 0 Å². The minimum Gasteiger partial charge on any atom is -0.296 e. The fourth-order valence-corrected chi connectivity index (χ4v) is 2.83. The molecule has 114 valence electrons. The molecule has 0 amide bonds. The second-order valence-corrected chi connectivity index (χ2v) is 5.81. The summed E-state index contributed by atoms with van der Waals surface area (Å²) < 4.78 is 52.1. The maximum atomic E-state index is 13.4. The first-order chi connectivity index (χ1) is 10.3. The molecule has 0 fully saturated rings. The Morgan fingerprint density at radius 2 is 1.73 bits per heavy atom. The summed E-state index contributed by atoms with van der Waals surface area (Å²) in [6.07, 6.45) is 0. The van der Waals surface area contributed by atoms with E-state index in [0.717, 1.165) is 0 Å². The number of rotatable bonds is 2. The van der Waals surface area contributed by atoms with Crippen molar-refractivity contribution < 1.29 is 17.6 Å². The van der Waals surface area contributed by atoms with Crippen LogP contribution in [-0.4, -0.2) is 15.1 Å². The molecule has 0 N–H and O–H groups in total. The van der Waals surface area contributed by atoms with Crippen molar-refractivity contribution in [2.75, 3.05) is 0 Å². The van der Waals surface area contributed by atoms with Crippen LogP contribution in [0.5, 0.6) is 0 Å². The molecule has 0 aliphatic heterocycles. The number of aromatic nitrogens is 2. The van der Waals surface area contributed by atoms with E-state index in [1.165, 1.54) is 24.3 Å². The molecule has 0 aliphatic carbocycles. The summed E-state index contributed by atoms with van der Waals surface area (Å²) >= 11 is -0.168. The zero-order valence-corrected chi connectivity index (χ0v) is 12.2. The van der Waals surface area contributed by atoms with Gasteiger partial charge in [0, 0.05) is 16.6 Å². The summed E-state index contributed by atoms with van der Waals surface area (Å²) in [7, 11) is 0. The Bertz CT molecular complexity index is 822. The fraction of sp³-hybridized carbons (Fsp3) is 0.133. The predicted molar refractivity (Wildman–Crippen MR) is 77.7 cm³/mol. The molecule has 0 atom stereocenters. The number of hydrogen-bond donors (Lipinski definition) is 0. The average Bonchev–Trinajstić information content (AvgIpc) is 2.73. The van der Waals surface area contributed by atoms with E-state index in [0.29, 0.717) is 22.5 Å². The van der Waals surface area contributed by atoms with Crippen molar-refractivity contribution in [3.63, 3.8) is 0 Å². The Labute approximate surface area is 127 Å². The highest BCUT2D eigenvalue weighted by atomic mass is 32.2. The third kappa shape index (κ3) is 2.94. The van der Waals surface area contributed by atoms with E-state index in [1.54, 1.807) is 29.7 Å². The molecule has 0 unspecified atom stereocenters. The topological polar surface area (TPSA) is 17.8 Å². The highest BCUT2D eigenvalue weighted by molar-refractivity contribution is 8.00. The number of fused-ring (bicyclic) bond motifs is 1. The molecule has 1 aromatic heterocycles. The number of halogens is 4. The van der Waals surface area contributed by atoms with Gasteiger partial charge in [0.1, 0.15) is 11.6 Å². The molecule has 0 saturated heterocycles. The average molecular weight is 326 g/mol. The van der Waals surface area contributed by atoms with Gasteiger partial charge in [-0.05, 0) is 55.1 Å². The van der Waals surface area contributed by atoms with Gasteiger partial charge in [0.05, 0.1) is 11.0 Å². The highest BCUT2D eigenvalue weighted by Crippen LogP contribution is 2.37. The van der Waals surface area contributed by atoms with Gasteiger partial charge in [0.2, 0.25) is 0 Å². The van der Waals surface area contributed by atoms with Gasteiger partial charge in [0.25, 0.3) is 0 Å². The molecule has 0 radical (unpaired) electrons. The first-order valence-electron chi connectivity index (χ1n) is 6.34. The number of thioether (sulfide) groups is 1. The van der Waals surface area contributed by atoms with Crippen LogP contribution in [0, 0.1) is 12.7 Å². The number of benzene rings is 2. The zero-order valence-electron chi connectivity index (χ0n) is 11.4. The van der Waals surface area contributed by atoms with Crippen LogP contribution in [0.1, 0.15) is 5.82 Å². The van der Waals surface area contributed by atoms with Crippen LogP contribution in [0.3, 0.4) is 0 Å². The number of hydrogen-bond acceptors (Lipinski definition) is 2. The van der Waals surface area contributed by atoms with Gasteiger partial charge >= 0.3 is 5.51 Å². The van der Waals surface area contributed by atoms with Gasteiger partial charge in [-0.2, -0.15) is 13.2 Å². The summed E-state index contributed by atoms with van der Waals surface area (Å²) in [5, 5.41) is 0. The maximum Gasteiger partial charge on any atom is 0.446 e. The second-order valence-electron chi connectivity index (χ2n) is 4.67. The summed E-state index contributed by atoms with van der Waals surface area (Å²) in [4.78, 5) is 4.42. The van der Waals surface area contributed by atoms with Gasteiger partial charge in [-0.3, -0.25) is 4.57 Å². The Hall–Kier alpha value is -2.02. The minimum absolute atomic E-state index is 0.101. The summed E-state index contributed by atoms with van der Waals surface area (Å²) in [6.45, 7) is 1.76. The lowest BCUT2D eigenvalue weighted by Gasteiger charge is -2.09. The second kappa shape index (κ2) is 5.31. The molecule has 1 heterocycles. The number of nitrogens with zero attached hydrogens (tertiary/aromatic N) is 2. The summed E-state index contributed by atoms with van der Waals surface area (Å²) in [5.41, 5.74) is -2.47. The van der Waals surface area contributed by atoms with E-state index in [4.69, 9.17) is 0 Å². The quantitative estimate of drug-likeness (QED) is 0.482. The van der Waals surface area contributed by atoms with Crippen molar-refractivity contribution in [2.45, 2.75) is 17.3 Å². The lowest BCUT2D eigenvalue weighted by molar-refractivity contribution is -0.0328. The van der Waals surface area contributed by atoms with E-state index in [-0.39, 0.29) is 16.7 Å². The molecule has 0 saturated carbocycles. The molecule has 2 aromatic carbocycles. The van der Waals surface area contributed by atoms with Crippen LogP contribution in [0.4, 0.5) is 17.6 Å². The Balaban J connectivity index is 2.04. The van der Waals surface area contributed by atoms with Crippen LogP contribution in [0.2, 0.25) is 0 Å². The number of aryl methyl sites for hydroxylation is 1. The van der Waals surface area contributed by atoms with Crippen molar-refractivity contribution in [2.24, 2.45) is 0 Å². The predicted octanol–water partition coefficient (Wildman–Crippen LogP) is 5.08. The third-order valence-corrected chi connectivity index (χ3v) is 3.85. The van der Waals surface area contributed by atoms with E-state index < -0.39 is 11.3 Å². The van der Waals surface area contributed by atoms with Crippen molar-refractivity contribution in [3.8, 4) is 5.69 Å². The Kier molecular flexibility index (Phi) is 3.60. The first-order valence-corrected chi connectivity index (χ1v) is 7.16. The molecule has 2 nitrogen and oxygen atoms in total. The number of alkyl halides is 3. The van der Waals surface area contributed by atoms with E-state index >= 15 is 0 Å². The molecule has 0 aliphatic rings. The normalized spacial score (nSPS) is 12.0. The minimum atomic E-state index is -4.32. The lowest BCUT2D eigenvalue weighted by atomic mass is 10.2. The molecule has 7 heteroatoms. The standard InChI is InChI=1S/C15H10F4N2S/c1-9-20-13-7-2-10(16)8-14(13)21(9)11-3-5-12(6-4-11)22-15(17,18)19/h2-8H,1H3. The zero-order chi connectivity index (χ0) is 15.9. The SMILES string of the molecule is Cc1nc2ccc(F)cc2n1-c1ccc(SC(F)(F)F)cc1. The highest BCUT2D eigenvalue weighted by Gasteiger charge is 2.29. The molecule has 3 aromatic rings. The summed E-state index contributed by atoms with van der Waals surface area (Å²) in [6, 6.07) is 10.1. The summed E-state index contributed by atoms with van der Waals surface area (Å²) in [5.74, 6) is 0.245.